The molecule has 0 saturated carbocycles. The van der Waals surface area contributed by atoms with Gasteiger partial charge in [-0.05, 0) is 48.4 Å². The van der Waals surface area contributed by atoms with E-state index in [0.29, 0.717) is 33.9 Å². The van der Waals surface area contributed by atoms with E-state index in [4.69, 9.17) is 21.1 Å². The first-order chi connectivity index (χ1) is 12.5. The molecule has 136 valence electrons. The van der Waals surface area contributed by atoms with Crippen LogP contribution in [0.2, 0.25) is 5.02 Å². The maximum absolute atomic E-state index is 12.6. The first-order valence-corrected chi connectivity index (χ1v) is 9.47. The molecule has 1 N–H and O–H groups in total. The number of benzene rings is 2. The molecule has 0 atom stereocenters. The number of hydrogen-bond acceptors (Lipinski definition) is 4. The van der Waals surface area contributed by atoms with E-state index in [1.165, 1.54) is 11.3 Å². The molecule has 0 fully saturated rings. The molecule has 3 aromatic rings. The van der Waals surface area contributed by atoms with Crippen molar-refractivity contribution < 1.29 is 14.3 Å². The molecule has 0 radical (unpaired) electrons. The maximum Gasteiger partial charge on any atom is 0.267 e. The molecule has 1 amide bonds. The second kappa shape index (κ2) is 7.98. The smallest absolute Gasteiger partial charge is 0.267 e. The van der Waals surface area contributed by atoms with Gasteiger partial charge < -0.3 is 14.8 Å². The molecule has 0 saturated heterocycles. The Hall–Kier alpha value is -2.24. The van der Waals surface area contributed by atoms with Crippen molar-refractivity contribution in [2.45, 2.75) is 13.8 Å². The highest BCUT2D eigenvalue weighted by Gasteiger charge is 2.18. The van der Waals surface area contributed by atoms with E-state index in [2.05, 4.69) is 19.2 Å². The van der Waals surface area contributed by atoms with Crippen LogP contribution >= 0.6 is 22.9 Å². The number of rotatable bonds is 6. The molecule has 0 aliphatic carbocycles. The summed E-state index contributed by atoms with van der Waals surface area (Å²) in [6.45, 7) is 4.85. The van der Waals surface area contributed by atoms with Gasteiger partial charge in [0.05, 0.1) is 18.7 Å². The van der Waals surface area contributed by atoms with E-state index in [0.717, 1.165) is 15.8 Å². The zero-order valence-corrected chi connectivity index (χ0v) is 16.4. The summed E-state index contributed by atoms with van der Waals surface area (Å²) in [5, 5.41) is 4.14. The van der Waals surface area contributed by atoms with Gasteiger partial charge in [-0.15, -0.1) is 11.3 Å². The molecule has 0 aliphatic rings. The van der Waals surface area contributed by atoms with Gasteiger partial charge in [-0.2, -0.15) is 0 Å². The van der Waals surface area contributed by atoms with Crippen LogP contribution in [-0.2, 0) is 0 Å². The molecule has 6 heteroatoms. The van der Waals surface area contributed by atoms with Gasteiger partial charge in [0, 0.05) is 15.8 Å². The first kappa shape index (κ1) is 18.5. The molecule has 3 rings (SSSR count). The molecular formula is C20H20ClNO3S. The Bertz CT molecular complexity index is 919. The summed E-state index contributed by atoms with van der Waals surface area (Å²) < 4.78 is 11.8. The Morgan fingerprint density at radius 1 is 1.15 bits per heavy atom. The molecule has 26 heavy (non-hydrogen) atoms. The summed E-state index contributed by atoms with van der Waals surface area (Å²) >= 11 is 7.78. The fraction of sp³-hybridized carbons (Fsp3) is 0.250. The van der Waals surface area contributed by atoms with Crippen molar-refractivity contribution in [1.29, 1.82) is 0 Å². The highest BCUT2D eigenvalue weighted by molar-refractivity contribution is 7.21. The van der Waals surface area contributed by atoms with E-state index in [9.17, 15) is 4.79 Å². The van der Waals surface area contributed by atoms with Gasteiger partial charge in [0.15, 0.2) is 0 Å². The normalized spacial score (nSPS) is 11.0. The molecule has 4 nitrogen and oxygen atoms in total. The average molecular weight is 390 g/mol. The lowest BCUT2D eigenvalue weighted by molar-refractivity contribution is 0.103. The summed E-state index contributed by atoms with van der Waals surface area (Å²) in [6, 6.07) is 12.9. The lowest BCUT2D eigenvalue weighted by atomic mass is 10.2. The molecule has 1 aromatic heterocycles. The van der Waals surface area contributed by atoms with Gasteiger partial charge in [-0.25, -0.2) is 0 Å². The van der Waals surface area contributed by atoms with Crippen molar-refractivity contribution >= 4 is 44.6 Å². The summed E-state index contributed by atoms with van der Waals surface area (Å²) in [7, 11) is 1.60. The van der Waals surface area contributed by atoms with Gasteiger partial charge in [0.2, 0.25) is 0 Å². The van der Waals surface area contributed by atoms with Gasteiger partial charge in [0.1, 0.15) is 16.4 Å². The van der Waals surface area contributed by atoms with Gasteiger partial charge >= 0.3 is 0 Å². The molecular weight excluding hydrogens is 370 g/mol. The first-order valence-electron chi connectivity index (χ1n) is 8.28. The van der Waals surface area contributed by atoms with Gasteiger partial charge in [0.25, 0.3) is 5.91 Å². The summed E-state index contributed by atoms with van der Waals surface area (Å²) in [6.07, 6.45) is 0. The Morgan fingerprint density at radius 3 is 2.50 bits per heavy atom. The number of methoxy groups -OCH3 is 1. The zero-order chi connectivity index (χ0) is 18.7. The Kier molecular flexibility index (Phi) is 5.69. The predicted molar refractivity (Wildman–Crippen MR) is 108 cm³/mol. The number of fused-ring (bicyclic) bond motifs is 1. The van der Waals surface area contributed by atoms with E-state index >= 15 is 0 Å². The largest absolute Gasteiger partial charge is 0.497 e. The minimum atomic E-state index is -0.231. The van der Waals surface area contributed by atoms with Crippen molar-refractivity contribution in [2.75, 3.05) is 19.0 Å². The third-order valence-corrected chi connectivity index (χ3v) is 5.41. The Labute approximate surface area is 161 Å². The standard InChI is InChI=1S/C20H20ClNO3S/c1-12(2)11-25-14-6-4-13(5-7-14)22-20(23)19-18(21)16-10-15(24-3)8-9-17(16)26-19/h4-10,12H,11H2,1-3H3,(H,22,23). The number of anilines is 1. The van der Waals surface area contributed by atoms with Crippen molar-refractivity contribution in [1.82, 2.24) is 0 Å². The van der Waals surface area contributed by atoms with Crippen molar-refractivity contribution in [3.63, 3.8) is 0 Å². The molecule has 0 unspecified atom stereocenters. The van der Waals surface area contributed by atoms with Crippen LogP contribution in [0.5, 0.6) is 11.5 Å². The SMILES string of the molecule is COc1ccc2sc(C(=O)Nc3ccc(OCC(C)C)cc3)c(Cl)c2c1. The Morgan fingerprint density at radius 2 is 1.85 bits per heavy atom. The third-order valence-electron chi connectivity index (χ3n) is 3.74. The zero-order valence-electron chi connectivity index (χ0n) is 14.8. The summed E-state index contributed by atoms with van der Waals surface area (Å²) in [5.74, 6) is 1.72. The number of thiophene rings is 1. The van der Waals surface area contributed by atoms with E-state index in [1.54, 1.807) is 7.11 Å². The van der Waals surface area contributed by atoms with Crippen molar-refractivity contribution in [2.24, 2.45) is 5.92 Å². The van der Waals surface area contributed by atoms with Gasteiger partial charge in [-0.3, -0.25) is 4.79 Å². The van der Waals surface area contributed by atoms with Crippen molar-refractivity contribution in [3.8, 4) is 11.5 Å². The summed E-state index contributed by atoms with van der Waals surface area (Å²) in [4.78, 5) is 13.1. The third kappa shape index (κ3) is 4.11. The number of ether oxygens (including phenoxy) is 2. The van der Waals surface area contributed by atoms with Crippen LogP contribution in [0.15, 0.2) is 42.5 Å². The molecule has 0 aliphatic heterocycles. The van der Waals surface area contributed by atoms with E-state index in [1.807, 2.05) is 42.5 Å². The predicted octanol–water partition coefficient (Wildman–Crippen LogP) is 5.85. The average Bonchev–Trinajstić information content (AvgIpc) is 2.97. The minimum Gasteiger partial charge on any atom is -0.497 e. The van der Waals surface area contributed by atoms with Gasteiger partial charge in [-0.1, -0.05) is 25.4 Å². The number of carbonyl (C=O) groups excluding carboxylic acids is 1. The lowest BCUT2D eigenvalue weighted by Crippen LogP contribution is -2.10. The van der Waals surface area contributed by atoms with Crippen LogP contribution in [0.1, 0.15) is 23.5 Å². The quantitative estimate of drug-likeness (QED) is 0.575. The molecule has 0 spiro atoms. The van der Waals surface area contributed by atoms with E-state index < -0.39 is 0 Å². The van der Waals surface area contributed by atoms with Crippen LogP contribution in [-0.4, -0.2) is 19.6 Å². The fourth-order valence-electron chi connectivity index (χ4n) is 2.40. The van der Waals surface area contributed by atoms with Crippen LogP contribution in [0.4, 0.5) is 5.69 Å². The van der Waals surface area contributed by atoms with Crippen LogP contribution in [0.25, 0.3) is 10.1 Å². The van der Waals surface area contributed by atoms with Crippen LogP contribution in [0.3, 0.4) is 0 Å². The number of carbonyl (C=O) groups is 1. The monoisotopic (exact) mass is 389 g/mol. The number of hydrogen-bond donors (Lipinski definition) is 1. The van der Waals surface area contributed by atoms with Crippen LogP contribution < -0.4 is 14.8 Å². The number of amides is 1. The molecule has 2 aromatic carbocycles. The molecule has 0 bridgehead atoms. The number of halogens is 1. The molecule has 1 heterocycles. The number of nitrogens with one attached hydrogen (secondary N) is 1. The fourth-order valence-corrected chi connectivity index (χ4v) is 3.79. The maximum atomic E-state index is 12.6. The highest BCUT2D eigenvalue weighted by atomic mass is 35.5. The van der Waals surface area contributed by atoms with Crippen LogP contribution in [0, 0.1) is 5.92 Å². The minimum absolute atomic E-state index is 0.231. The van der Waals surface area contributed by atoms with E-state index in [-0.39, 0.29) is 5.91 Å². The topological polar surface area (TPSA) is 47.6 Å². The second-order valence-corrected chi connectivity index (χ2v) is 7.72. The lowest BCUT2D eigenvalue weighted by Gasteiger charge is -2.09. The summed E-state index contributed by atoms with van der Waals surface area (Å²) in [5.41, 5.74) is 0.693. The van der Waals surface area contributed by atoms with Crippen molar-refractivity contribution in [3.05, 3.63) is 52.4 Å². The Balaban J connectivity index is 1.75. The highest BCUT2D eigenvalue weighted by Crippen LogP contribution is 2.37. The second-order valence-electron chi connectivity index (χ2n) is 6.29.